The van der Waals surface area contributed by atoms with Gasteiger partial charge >= 0.3 is 0 Å². The van der Waals surface area contributed by atoms with Crippen LogP contribution >= 0.6 is 24.0 Å². The second-order valence-corrected chi connectivity index (χ2v) is 6.11. The highest BCUT2D eigenvalue weighted by atomic mass is 32.2. The molecule has 4 nitrogen and oxygen atoms in total. The molecular weight excluding hydrogens is 292 g/mol. The number of furan rings is 1. The van der Waals surface area contributed by atoms with E-state index in [0.717, 1.165) is 11.4 Å². The summed E-state index contributed by atoms with van der Waals surface area (Å²) in [7, 11) is 0. The highest BCUT2D eigenvalue weighted by Crippen LogP contribution is 2.32. The maximum absolute atomic E-state index is 12.5. The number of thiocarbonyl (C=S) groups is 1. The van der Waals surface area contributed by atoms with Crippen molar-refractivity contribution in [1.29, 1.82) is 0 Å². The molecule has 1 saturated heterocycles. The van der Waals surface area contributed by atoms with E-state index in [-0.39, 0.29) is 5.91 Å². The van der Waals surface area contributed by atoms with Crippen LogP contribution in [-0.4, -0.2) is 14.9 Å². The minimum Gasteiger partial charge on any atom is -0.465 e. The second-order valence-electron chi connectivity index (χ2n) is 4.44. The lowest BCUT2D eigenvalue weighted by Crippen LogP contribution is -2.39. The van der Waals surface area contributed by atoms with E-state index < -0.39 is 0 Å². The van der Waals surface area contributed by atoms with Crippen LogP contribution < -0.4 is 5.01 Å². The van der Waals surface area contributed by atoms with Gasteiger partial charge in [0.15, 0.2) is 4.32 Å². The molecule has 0 atom stereocenters. The summed E-state index contributed by atoms with van der Waals surface area (Å²) >= 11 is 6.62. The van der Waals surface area contributed by atoms with Crippen molar-refractivity contribution in [1.82, 2.24) is 4.68 Å². The summed E-state index contributed by atoms with van der Waals surface area (Å²) in [4.78, 5) is 13.1. The SMILES string of the molecule is Cc1ccc(C)n1N1C(=O)/C(=C\c2ccco2)SC1=S. The molecule has 6 heteroatoms. The number of aryl methyl sites for hydroxylation is 2. The molecular formula is C14H12N2O2S2. The Morgan fingerprint density at radius 3 is 2.55 bits per heavy atom. The number of nitrogens with zero attached hydrogens (tertiary/aromatic N) is 2. The highest BCUT2D eigenvalue weighted by molar-refractivity contribution is 8.27. The van der Waals surface area contributed by atoms with E-state index in [0.29, 0.717) is 15.0 Å². The zero-order valence-electron chi connectivity index (χ0n) is 11.0. The van der Waals surface area contributed by atoms with E-state index in [1.165, 1.54) is 16.8 Å². The molecule has 1 aliphatic rings. The smallest absolute Gasteiger partial charge is 0.285 e. The van der Waals surface area contributed by atoms with E-state index in [9.17, 15) is 4.79 Å². The number of amides is 1. The molecule has 0 bridgehead atoms. The van der Waals surface area contributed by atoms with Gasteiger partial charge in [-0.2, -0.15) is 5.01 Å². The van der Waals surface area contributed by atoms with E-state index in [1.807, 2.05) is 30.7 Å². The standard InChI is InChI=1S/C14H12N2O2S2/c1-9-5-6-10(2)15(9)16-13(17)12(20-14(16)19)8-11-4-3-7-18-11/h3-8H,1-2H3/b12-8+. The fourth-order valence-electron chi connectivity index (χ4n) is 2.11. The molecule has 2 aromatic rings. The summed E-state index contributed by atoms with van der Waals surface area (Å²) < 4.78 is 7.60. The number of carbonyl (C=O) groups is 1. The Hall–Kier alpha value is -1.79. The van der Waals surface area contributed by atoms with Gasteiger partial charge < -0.3 is 4.42 Å². The summed E-state index contributed by atoms with van der Waals surface area (Å²) in [5.41, 5.74) is 1.94. The Morgan fingerprint density at radius 2 is 1.95 bits per heavy atom. The van der Waals surface area contributed by atoms with Gasteiger partial charge in [0.2, 0.25) is 0 Å². The first-order valence-electron chi connectivity index (χ1n) is 6.04. The number of hydrogen-bond donors (Lipinski definition) is 0. The molecule has 3 rings (SSSR count). The zero-order chi connectivity index (χ0) is 14.3. The van der Waals surface area contributed by atoms with Crippen LogP contribution in [0.25, 0.3) is 6.08 Å². The van der Waals surface area contributed by atoms with Crippen molar-refractivity contribution >= 4 is 40.3 Å². The summed E-state index contributed by atoms with van der Waals surface area (Å²) in [5, 5.41) is 1.53. The molecule has 1 amide bonds. The van der Waals surface area contributed by atoms with Gasteiger partial charge in [-0.3, -0.25) is 9.47 Å². The van der Waals surface area contributed by atoms with Gasteiger partial charge in [0, 0.05) is 17.5 Å². The van der Waals surface area contributed by atoms with Crippen LogP contribution in [-0.2, 0) is 4.79 Å². The number of carbonyl (C=O) groups excluding carboxylic acids is 1. The molecule has 0 unspecified atom stereocenters. The molecule has 102 valence electrons. The summed E-state index contributed by atoms with van der Waals surface area (Å²) in [6, 6.07) is 7.51. The fourth-order valence-corrected chi connectivity index (χ4v) is 3.33. The van der Waals surface area contributed by atoms with Crippen LogP contribution in [0.5, 0.6) is 0 Å². The van der Waals surface area contributed by atoms with Crippen LogP contribution in [0.15, 0.2) is 39.9 Å². The van der Waals surface area contributed by atoms with Crippen molar-refractivity contribution in [3.63, 3.8) is 0 Å². The number of rotatable bonds is 2. The Kier molecular flexibility index (Phi) is 3.27. The maximum atomic E-state index is 12.5. The predicted molar refractivity (Wildman–Crippen MR) is 84.0 cm³/mol. The van der Waals surface area contributed by atoms with Gasteiger partial charge in [-0.15, -0.1) is 0 Å². The molecule has 0 aliphatic carbocycles. The molecule has 0 saturated carbocycles. The highest BCUT2D eigenvalue weighted by Gasteiger charge is 2.34. The normalized spacial score (nSPS) is 17.5. The first kappa shape index (κ1) is 13.2. The third kappa shape index (κ3) is 2.10. The van der Waals surface area contributed by atoms with E-state index in [1.54, 1.807) is 24.5 Å². The number of thioether (sulfide) groups is 1. The number of aromatic nitrogens is 1. The lowest BCUT2D eigenvalue weighted by Gasteiger charge is -2.20. The molecule has 3 heterocycles. The minimum absolute atomic E-state index is 0.126. The molecule has 0 radical (unpaired) electrons. The summed E-state index contributed by atoms with van der Waals surface area (Å²) in [5.74, 6) is 0.519. The quantitative estimate of drug-likeness (QED) is 0.630. The van der Waals surface area contributed by atoms with Crippen molar-refractivity contribution in [2.45, 2.75) is 13.8 Å². The summed E-state index contributed by atoms with van der Waals surface area (Å²) in [6.45, 7) is 3.89. The van der Waals surface area contributed by atoms with Gasteiger partial charge in [0.05, 0.1) is 11.2 Å². The molecule has 2 aromatic heterocycles. The minimum atomic E-state index is -0.126. The average Bonchev–Trinajstić information content (AvgIpc) is 3.08. The first-order chi connectivity index (χ1) is 9.58. The molecule has 0 N–H and O–H groups in total. The average molecular weight is 304 g/mol. The Morgan fingerprint density at radius 1 is 1.25 bits per heavy atom. The molecule has 1 aliphatic heterocycles. The predicted octanol–water partition coefficient (Wildman–Crippen LogP) is 3.24. The van der Waals surface area contributed by atoms with Crippen LogP contribution in [0, 0.1) is 13.8 Å². The van der Waals surface area contributed by atoms with Crippen LogP contribution in [0.4, 0.5) is 0 Å². The third-order valence-electron chi connectivity index (χ3n) is 3.02. The lowest BCUT2D eigenvalue weighted by molar-refractivity contribution is -0.114. The molecule has 0 spiro atoms. The fraction of sp³-hybridized carbons (Fsp3) is 0.143. The van der Waals surface area contributed by atoms with Crippen molar-refractivity contribution < 1.29 is 9.21 Å². The van der Waals surface area contributed by atoms with Gasteiger partial charge in [0.1, 0.15) is 5.76 Å². The van der Waals surface area contributed by atoms with Gasteiger partial charge in [0.25, 0.3) is 5.91 Å². The molecule has 0 aromatic carbocycles. The van der Waals surface area contributed by atoms with E-state index in [4.69, 9.17) is 16.6 Å². The largest absolute Gasteiger partial charge is 0.465 e. The lowest BCUT2D eigenvalue weighted by atomic mass is 10.4. The Balaban J connectivity index is 2.00. The van der Waals surface area contributed by atoms with Crippen molar-refractivity contribution in [3.8, 4) is 0 Å². The summed E-state index contributed by atoms with van der Waals surface area (Å²) in [6.07, 6.45) is 3.29. The Labute approximate surface area is 126 Å². The van der Waals surface area contributed by atoms with Crippen LogP contribution in [0.1, 0.15) is 17.1 Å². The van der Waals surface area contributed by atoms with Crippen molar-refractivity contribution in [2.24, 2.45) is 0 Å². The molecule has 1 fully saturated rings. The first-order valence-corrected chi connectivity index (χ1v) is 7.27. The van der Waals surface area contributed by atoms with E-state index in [2.05, 4.69) is 0 Å². The van der Waals surface area contributed by atoms with E-state index >= 15 is 0 Å². The Bertz CT molecular complexity index is 694. The monoisotopic (exact) mass is 304 g/mol. The molecule has 20 heavy (non-hydrogen) atoms. The van der Waals surface area contributed by atoms with Gasteiger partial charge in [-0.25, -0.2) is 0 Å². The number of hydrogen-bond acceptors (Lipinski definition) is 4. The zero-order valence-corrected chi connectivity index (χ0v) is 12.6. The van der Waals surface area contributed by atoms with Crippen LogP contribution in [0.3, 0.4) is 0 Å². The third-order valence-corrected chi connectivity index (χ3v) is 4.31. The topological polar surface area (TPSA) is 38.4 Å². The second kappa shape index (κ2) is 4.96. The van der Waals surface area contributed by atoms with Crippen molar-refractivity contribution in [3.05, 3.63) is 52.6 Å². The maximum Gasteiger partial charge on any atom is 0.285 e. The van der Waals surface area contributed by atoms with Crippen molar-refractivity contribution in [2.75, 3.05) is 5.01 Å². The van der Waals surface area contributed by atoms with Crippen LogP contribution in [0.2, 0.25) is 0 Å². The van der Waals surface area contributed by atoms with Gasteiger partial charge in [-0.1, -0.05) is 11.8 Å². The van der Waals surface area contributed by atoms with Gasteiger partial charge in [-0.05, 0) is 50.3 Å².